The van der Waals surface area contributed by atoms with Crippen molar-refractivity contribution in [2.75, 3.05) is 31.6 Å². The molecule has 0 radical (unpaired) electrons. The van der Waals surface area contributed by atoms with Gasteiger partial charge in [0.2, 0.25) is 5.91 Å². The van der Waals surface area contributed by atoms with E-state index in [0.717, 1.165) is 42.7 Å². The molecule has 0 spiro atoms. The summed E-state index contributed by atoms with van der Waals surface area (Å²) in [5.41, 5.74) is 5.28. The van der Waals surface area contributed by atoms with Crippen molar-refractivity contribution in [1.82, 2.24) is 24.8 Å². The summed E-state index contributed by atoms with van der Waals surface area (Å²) in [6.07, 6.45) is 3.56. The maximum absolute atomic E-state index is 15.5. The number of aromatic nitrogens is 3. The number of hydrogen-bond donors (Lipinski definition) is 1. The average Bonchev–Trinajstić information content (AvgIpc) is 3.55. The molecule has 2 aliphatic heterocycles. The van der Waals surface area contributed by atoms with Crippen LogP contribution in [0, 0.1) is 11.7 Å². The van der Waals surface area contributed by atoms with E-state index >= 15 is 4.39 Å². The van der Waals surface area contributed by atoms with Crippen LogP contribution in [0.25, 0.3) is 16.8 Å². The summed E-state index contributed by atoms with van der Waals surface area (Å²) in [6.45, 7) is 3.99. The Morgan fingerprint density at radius 3 is 2.63 bits per heavy atom. The van der Waals surface area contributed by atoms with Gasteiger partial charge in [0, 0.05) is 43.9 Å². The number of anilines is 1. The molecule has 2 atom stereocenters. The summed E-state index contributed by atoms with van der Waals surface area (Å²) < 4.78 is 17.3. The molecule has 2 amide bonds. The predicted molar refractivity (Wildman–Crippen MR) is 154 cm³/mol. The van der Waals surface area contributed by atoms with Gasteiger partial charge in [-0.2, -0.15) is 5.10 Å². The molecule has 2 aromatic carbocycles. The Morgan fingerprint density at radius 1 is 1.02 bits per heavy atom. The van der Waals surface area contributed by atoms with Crippen LogP contribution in [0.1, 0.15) is 65.6 Å². The number of carbonyl (C=O) groups excluding carboxylic acids is 2. The van der Waals surface area contributed by atoms with Gasteiger partial charge in [-0.05, 0) is 74.1 Å². The second-order valence-electron chi connectivity index (χ2n) is 11.5. The van der Waals surface area contributed by atoms with Crippen LogP contribution in [-0.4, -0.2) is 58.0 Å². The molecule has 7 rings (SSSR count). The van der Waals surface area contributed by atoms with Gasteiger partial charge in [0.05, 0.1) is 23.2 Å². The van der Waals surface area contributed by atoms with Gasteiger partial charge in [-0.25, -0.2) is 13.9 Å². The van der Waals surface area contributed by atoms with E-state index in [1.54, 1.807) is 23.7 Å². The monoisotopic (exact) mass is 552 g/mol. The van der Waals surface area contributed by atoms with Crippen LogP contribution in [0.3, 0.4) is 0 Å². The zero-order valence-electron chi connectivity index (χ0n) is 23.3. The molecule has 3 aliphatic rings. The van der Waals surface area contributed by atoms with Gasteiger partial charge in [-0.1, -0.05) is 24.3 Å². The van der Waals surface area contributed by atoms with E-state index in [1.807, 2.05) is 34.1 Å². The first kappa shape index (κ1) is 25.7. The van der Waals surface area contributed by atoms with Gasteiger partial charge in [0.1, 0.15) is 17.3 Å². The Kier molecular flexibility index (Phi) is 6.25. The van der Waals surface area contributed by atoms with Crippen molar-refractivity contribution in [3.8, 4) is 11.3 Å². The third-order valence-electron chi connectivity index (χ3n) is 8.89. The fraction of sp³-hybridized carbons (Fsp3) is 0.375. The van der Waals surface area contributed by atoms with E-state index in [9.17, 15) is 9.59 Å². The van der Waals surface area contributed by atoms with E-state index in [4.69, 9.17) is 10.1 Å². The second-order valence-corrected chi connectivity index (χ2v) is 11.5. The number of amides is 2. The van der Waals surface area contributed by atoms with Gasteiger partial charge in [0.25, 0.3) is 5.91 Å². The zero-order valence-corrected chi connectivity index (χ0v) is 23.3. The molecule has 210 valence electrons. The molecule has 4 heterocycles. The minimum absolute atomic E-state index is 0.0202. The van der Waals surface area contributed by atoms with Gasteiger partial charge in [-0.3, -0.25) is 9.59 Å². The molecule has 1 N–H and O–H groups in total. The molecule has 4 aromatic rings. The standard InChI is InChI=1S/C32H33FN6O2/c1-19-25-6-4-3-5-20(25)12-14-38(19)32(41)29-17-24-16-28(36-39(24)30(35-29)21-7-8-21)26-10-9-23(15-27(26)33)37-13-11-22(18-37)31(40)34-2/h3-6,9-10,15-17,19,21-22H,7-8,11-14,18H2,1-2H3,(H,34,40)/t19-,22+/m1/s1. The minimum Gasteiger partial charge on any atom is -0.371 e. The Bertz CT molecular complexity index is 1680. The number of benzene rings is 2. The lowest BCUT2D eigenvalue weighted by atomic mass is 9.93. The summed E-state index contributed by atoms with van der Waals surface area (Å²) >= 11 is 0. The lowest BCUT2D eigenvalue weighted by Gasteiger charge is -2.35. The van der Waals surface area contributed by atoms with Gasteiger partial charge in [0.15, 0.2) is 0 Å². The van der Waals surface area contributed by atoms with Crippen molar-refractivity contribution >= 4 is 23.0 Å². The van der Waals surface area contributed by atoms with E-state index < -0.39 is 0 Å². The Morgan fingerprint density at radius 2 is 1.85 bits per heavy atom. The van der Waals surface area contributed by atoms with Crippen LogP contribution in [0.15, 0.2) is 54.6 Å². The normalized spacial score (nSPS) is 20.4. The summed E-state index contributed by atoms with van der Waals surface area (Å²) in [5, 5.41) is 7.47. The summed E-state index contributed by atoms with van der Waals surface area (Å²) in [5.74, 6) is 0.480. The number of fused-ring (bicyclic) bond motifs is 2. The van der Waals surface area contributed by atoms with Crippen molar-refractivity contribution in [2.45, 2.75) is 44.6 Å². The highest BCUT2D eigenvalue weighted by Gasteiger charge is 2.33. The highest BCUT2D eigenvalue weighted by atomic mass is 19.1. The predicted octanol–water partition coefficient (Wildman–Crippen LogP) is 4.74. The Balaban J connectivity index is 1.19. The molecule has 1 saturated heterocycles. The maximum Gasteiger partial charge on any atom is 0.273 e. The van der Waals surface area contributed by atoms with Crippen LogP contribution in [0.4, 0.5) is 10.1 Å². The second kappa shape index (κ2) is 9.98. The van der Waals surface area contributed by atoms with Crippen LogP contribution in [0.5, 0.6) is 0 Å². The van der Waals surface area contributed by atoms with Gasteiger partial charge in [-0.15, -0.1) is 0 Å². The Hall–Kier alpha value is -4.27. The van der Waals surface area contributed by atoms with Crippen LogP contribution >= 0.6 is 0 Å². The lowest BCUT2D eigenvalue weighted by Crippen LogP contribution is -2.39. The molecule has 2 fully saturated rings. The van der Waals surface area contributed by atoms with E-state index in [-0.39, 0.29) is 35.5 Å². The molecule has 0 unspecified atom stereocenters. The first-order valence-electron chi connectivity index (χ1n) is 14.5. The average molecular weight is 553 g/mol. The van der Waals surface area contributed by atoms with Crippen molar-refractivity contribution in [3.63, 3.8) is 0 Å². The molecule has 2 aromatic heterocycles. The van der Waals surface area contributed by atoms with Crippen LogP contribution < -0.4 is 10.2 Å². The smallest absolute Gasteiger partial charge is 0.273 e. The first-order valence-corrected chi connectivity index (χ1v) is 14.5. The van der Waals surface area contributed by atoms with Crippen molar-refractivity contribution in [3.05, 3.63) is 83.1 Å². The molecule has 1 aliphatic carbocycles. The van der Waals surface area contributed by atoms with Crippen molar-refractivity contribution < 1.29 is 14.0 Å². The lowest BCUT2D eigenvalue weighted by molar-refractivity contribution is -0.123. The number of rotatable bonds is 5. The number of nitrogens with one attached hydrogen (secondary N) is 1. The third kappa shape index (κ3) is 4.53. The molecule has 8 nitrogen and oxygen atoms in total. The summed E-state index contributed by atoms with van der Waals surface area (Å²) in [6, 6.07) is 17.0. The number of carbonyl (C=O) groups is 2. The number of halogens is 1. The maximum atomic E-state index is 15.5. The highest BCUT2D eigenvalue weighted by Crippen LogP contribution is 2.40. The first-order chi connectivity index (χ1) is 19.9. The topological polar surface area (TPSA) is 82.8 Å². The summed E-state index contributed by atoms with van der Waals surface area (Å²) in [7, 11) is 1.64. The molecule has 1 saturated carbocycles. The molecule has 41 heavy (non-hydrogen) atoms. The number of nitrogens with zero attached hydrogens (tertiary/aromatic N) is 5. The fourth-order valence-corrected chi connectivity index (χ4v) is 6.39. The Labute approximate surface area is 238 Å². The minimum atomic E-state index is -0.368. The largest absolute Gasteiger partial charge is 0.371 e. The molecule has 9 heteroatoms. The molecule has 0 bridgehead atoms. The van der Waals surface area contributed by atoms with E-state index in [0.29, 0.717) is 36.6 Å². The van der Waals surface area contributed by atoms with Gasteiger partial charge >= 0.3 is 0 Å². The highest BCUT2D eigenvalue weighted by molar-refractivity contribution is 5.94. The number of hydrogen-bond acceptors (Lipinski definition) is 5. The van der Waals surface area contributed by atoms with Crippen LogP contribution in [-0.2, 0) is 11.2 Å². The SMILES string of the molecule is CNC(=O)[C@H]1CCN(c2ccc(-c3cc4cc(C(=O)N5CCc6ccccc6[C@H]5C)nc(C5CC5)n4n3)c(F)c2)C1. The molecular weight excluding hydrogens is 519 g/mol. The molecular formula is C32H33FN6O2. The quantitative estimate of drug-likeness (QED) is 0.387. The zero-order chi connectivity index (χ0) is 28.2. The van der Waals surface area contributed by atoms with Crippen LogP contribution in [0.2, 0.25) is 0 Å². The van der Waals surface area contributed by atoms with Gasteiger partial charge < -0.3 is 15.1 Å². The summed E-state index contributed by atoms with van der Waals surface area (Å²) in [4.78, 5) is 34.6. The van der Waals surface area contributed by atoms with E-state index in [2.05, 4.69) is 24.4 Å². The van der Waals surface area contributed by atoms with E-state index in [1.165, 1.54) is 17.2 Å². The fourth-order valence-electron chi connectivity index (χ4n) is 6.39. The third-order valence-corrected chi connectivity index (χ3v) is 8.89. The van der Waals surface area contributed by atoms with Crippen molar-refractivity contribution in [1.29, 1.82) is 0 Å². The van der Waals surface area contributed by atoms with Crippen molar-refractivity contribution in [2.24, 2.45) is 5.92 Å².